The molecule has 1 aromatic heterocycles. The summed E-state index contributed by atoms with van der Waals surface area (Å²) in [7, 11) is 0. The number of rotatable bonds is 5. The largest absolute Gasteiger partial charge is 0.487 e. The summed E-state index contributed by atoms with van der Waals surface area (Å²) >= 11 is 1.31. The van der Waals surface area contributed by atoms with Crippen molar-refractivity contribution < 1.29 is 37.3 Å². The molecule has 2 saturated heterocycles. The van der Waals surface area contributed by atoms with Gasteiger partial charge in [0.05, 0.1) is 29.8 Å². The fraction of sp³-hybridized carbons (Fsp3) is 0.621. The number of ether oxygens (including phenoxy) is 2. The molecule has 226 valence electrons. The van der Waals surface area contributed by atoms with Gasteiger partial charge in [0.1, 0.15) is 11.9 Å². The molecule has 41 heavy (non-hydrogen) atoms. The number of carbonyl (C=O) groups excluding carboxylic acids is 1. The maximum atomic E-state index is 13.7. The highest BCUT2D eigenvalue weighted by molar-refractivity contribution is 7.09. The second kappa shape index (κ2) is 11.4. The number of halogens is 3. The van der Waals surface area contributed by atoms with Gasteiger partial charge in [0, 0.05) is 30.6 Å². The molecule has 1 N–H and O–H groups in total. The summed E-state index contributed by atoms with van der Waals surface area (Å²) in [5, 5.41) is 9.72. The van der Waals surface area contributed by atoms with E-state index in [9.17, 15) is 27.9 Å². The van der Waals surface area contributed by atoms with Crippen molar-refractivity contribution in [3.05, 3.63) is 45.2 Å². The van der Waals surface area contributed by atoms with Crippen LogP contribution < -0.4 is 9.54 Å². The average Bonchev–Trinajstić information content (AvgIpc) is 3.59. The minimum atomic E-state index is -4.68. The molecule has 1 aromatic carbocycles. The standard InChI is InChI=1S/C29H38F3N3O5S/c1-27(2,3)22-16-34(15-18-8-7-13-39-18)25(41-22)33-24(36)19-14-17(29(30,31)32)9-10-20(19)40-21-11-12-35(26(37)38)23(21)28(4,5)6/h9-10,14,16,18,21,23H,7-8,11-13,15H2,1-6H3,(H,37,38)/t18-,21+,23?/m1/s1. The first-order valence-electron chi connectivity index (χ1n) is 13.7. The van der Waals surface area contributed by atoms with Crippen LogP contribution in [0.4, 0.5) is 18.0 Å². The van der Waals surface area contributed by atoms with Crippen LogP contribution >= 0.6 is 11.3 Å². The first kappa shape index (κ1) is 31.1. The molecule has 2 aromatic rings. The lowest BCUT2D eigenvalue weighted by atomic mass is 9.83. The van der Waals surface area contributed by atoms with Crippen molar-refractivity contribution in [1.29, 1.82) is 0 Å². The van der Waals surface area contributed by atoms with Crippen molar-refractivity contribution in [2.75, 3.05) is 13.2 Å². The number of aromatic nitrogens is 1. The summed E-state index contributed by atoms with van der Waals surface area (Å²) < 4.78 is 54.9. The number of hydrogen-bond donors (Lipinski definition) is 1. The topological polar surface area (TPSA) is 93.4 Å². The van der Waals surface area contributed by atoms with Crippen LogP contribution in [0.1, 0.15) is 81.6 Å². The number of likely N-dealkylation sites (tertiary alicyclic amines) is 1. The molecule has 8 nitrogen and oxygen atoms in total. The lowest BCUT2D eigenvalue weighted by molar-refractivity contribution is -0.137. The molecule has 2 aliphatic heterocycles. The van der Waals surface area contributed by atoms with Crippen molar-refractivity contribution in [1.82, 2.24) is 9.47 Å². The molecule has 0 bridgehead atoms. The normalized spacial score (nSPS) is 22.4. The Bertz CT molecular complexity index is 1350. The molecular formula is C29H38F3N3O5S. The number of benzene rings is 1. The Morgan fingerprint density at radius 2 is 1.85 bits per heavy atom. The van der Waals surface area contributed by atoms with E-state index in [1.165, 1.54) is 16.2 Å². The summed E-state index contributed by atoms with van der Waals surface area (Å²) in [6.45, 7) is 13.1. The van der Waals surface area contributed by atoms with Crippen molar-refractivity contribution in [2.24, 2.45) is 10.4 Å². The molecule has 1 unspecified atom stereocenters. The lowest BCUT2D eigenvalue weighted by Crippen LogP contribution is -2.48. The molecule has 2 amide bonds. The molecule has 0 saturated carbocycles. The monoisotopic (exact) mass is 597 g/mol. The van der Waals surface area contributed by atoms with E-state index in [0.29, 0.717) is 24.4 Å². The number of thiazole rings is 1. The first-order chi connectivity index (χ1) is 18.9. The van der Waals surface area contributed by atoms with Gasteiger partial charge in [-0.15, -0.1) is 11.3 Å². The Kier molecular flexibility index (Phi) is 8.67. The highest BCUT2D eigenvalue weighted by Gasteiger charge is 2.46. The number of alkyl halides is 3. The van der Waals surface area contributed by atoms with E-state index in [-0.39, 0.29) is 29.4 Å². The second-order valence-electron chi connectivity index (χ2n) is 12.8. The Morgan fingerprint density at radius 1 is 1.15 bits per heavy atom. The van der Waals surface area contributed by atoms with Gasteiger partial charge in [0.2, 0.25) is 0 Å². The fourth-order valence-corrected chi connectivity index (χ4v) is 6.42. The molecule has 3 atom stereocenters. The molecule has 0 aliphatic carbocycles. The van der Waals surface area contributed by atoms with Gasteiger partial charge < -0.3 is 24.0 Å². The van der Waals surface area contributed by atoms with Crippen LogP contribution in [-0.4, -0.2) is 58.0 Å². The number of hydrogen-bond acceptors (Lipinski definition) is 5. The molecule has 0 radical (unpaired) electrons. The predicted octanol–water partition coefficient (Wildman–Crippen LogP) is 6.33. The Labute approximate surface area is 241 Å². The molecule has 0 spiro atoms. The summed E-state index contributed by atoms with van der Waals surface area (Å²) in [6, 6.07) is 2.19. The van der Waals surface area contributed by atoms with Gasteiger partial charge in [0.15, 0.2) is 4.80 Å². The van der Waals surface area contributed by atoms with E-state index in [2.05, 4.69) is 4.99 Å². The summed E-state index contributed by atoms with van der Waals surface area (Å²) in [5.41, 5.74) is -2.07. The Balaban J connectivity index is 1.76. The number of carbonyl (C=O) groups is 2. The molecule has 12 heteroatoms. The zero-order chi connectivity index (χ0) is 30.3. The molecule has 2 aliphatic rings. The number of amides is 2. The van der Waals surface area contributed by atoms with E-state index in [4.69, 9.17) is 9.47 Å². The smallest absolute Gasteiger partial charge is 0.416 e. The molecular weight excluding hydrogens is 559 g/mol. The molecule has 2 fully saturated rings. The van der Waals surface area contributed by atoms with Crippen LogP contribution in [-0.2, 0) is 22.9 Å². The van der Waals surface area contributed by atoms with E-state index < -0.39 is 41.3 Å². The van der Waals surface area contributed by atoms with Crippen molar-refractivity contribution in [3.8, 4) is 5.75 Å². The van der Waals surface area contributed by atoms with Crippen molar-refractivity contribution in [3.63, 3.8) is 0 Å². The number of carboxylic acid groups (broad SMARTS) is 1. The summed E-state index contributed by atoms with van der Waals surface area (Å²) in [5.74, 6) is -0.925. The average molecular weight is 598 g/mol. The van der Waals surface area contributed by atoms with Crippen LogP contribution in [0.25, 0.3) is 0 Å². The van der Waals surface area contributed by atoms with E-state index in [0.717, 1.165) is 35.9 Å². The van der Waals surface area contributed by atoms with Gasteiger partial charge in [-0.2, -0.15) is 18.2 Å². The third kappa shape index (κ3) is 7.14. The van der Waals surface area contributed by atoms with Crippen LogP contribution in [0, 0.1) is 5.41 Å². The Morgan fingerprint density at radius 3 is 2.41 bits per heavy atom. The van der Waals surface area contributed by atoms with Crippen LogP contribution in [0.3, 0.4) is 0 Å². The predicted molar refractivity (Wildman–Crippen MR) is 148 cm³/mol. The van der Waals surface area contributed by atoms with Gasteiger partial charge >= 0.3 is 12.3 Å². The van der Waals surface area contributed by atoms with E-state index in [1.54, 1.807) is 0 Å². The van der Waals surface area contributed by atoms with Gasteiger partial charge in [0.25, 0.3) is 5.91 Å². The van der Waals surface area contributed by atoms with Crippen molar-refractivity contribution in [2.45, 2.75) is 97.2 Å². The molecule has 3 heterocycles. The minimum Gasteiger partial charge on any atom is -0.487 e. The van der Waals surface area contributed by atoms with Gasteiger partial charge in [-0.05, 0) is 41.9 Å². The van der Waals surface area contributed by atoms with Crippen LogP contribution in [0.15, 0.2) is 29.4 Å². The maximum absolute atomic E-state index is 13.7. The first-order valence-corrected chi connectivity index (χ1v) is 14.6. The van der Waals surface area contributed by atoms with Gasteiger partial charge in [-0.3, -0.25) is 4.79 Å². The fourth-order valence-electron chi connectivity index (χ4n) is 5.37. The highest BCUT2D eigenvalue weighted by Crippen LogP contribution is 2.38. The summed E-state index contributed by atoms with van der Waals surface area (Å²) in [6.07, 6.45) is -2.41. The van der Waals surface area contributed by atoms with E-state index in [1.807, 2.05) is 52.3 Å². The third-order valence-corrected chi connectivity index (χ3v) is 8.82. The second-order valence-corrected chi connectivity index (χ2v) is 13.8. The Hall–Kier alpha value is -2.86. The lowest BCUT2D eigenvalue weighted by Gasteiger charge is -2.36. The SMILES string of the molecule is CC(C)(C)c1cn(C[C@H]2CCCO2)c(=NC(=O)c2cc(C(F)(F)F)ccc2O[C@H]2CCN(C(=O)O)C2C(C)(C)C)s1. The van der Waals surface area contributed by atoms with Gasteiger partial charge in [-0.1, -0.05) is 41.5 Å². The molecule has 4 rings (SSSR count). The van der Waals surface area contributed by atoms with Crippen LogP contribution in [0.2, 0.25) is 0 Å². The van der Waals surface area contributed by atoms with Gasteiger partial charge in [-0.25, -0.2) is 4.79 Å². The quantitative estimate of drug-likeness (QED) is 0.435. The maximum Gasteiger partial charge on any atom is 0.416 e. The summed E-state index contributed by atoms with van der Waals surface area (Å²) in [4.78, 5) is 32.4. The van der Waals surface area contributed by atoms with Crippen LogP contribution in [0.5, 0.6) is 5.75 Å². The third-order valence-electron chi connectivity index (χ3n) is 7.37. The van der Waals surface area contributed by atoms with Crippen molar-refractivity contribution >= 4 is 23.3 Å². The van der Waals surface area contributed by atoms with E-state index >= 15 is 0 Å². The minimum absolute atomic E-state index is 0.0344. The zero-order valence-electron chi connectivity index (χ0n) is 24.2. The zero-order valence-corrected chi connectivity index (χ0v) is 25.1. The highest BCUT2D eigenvalue weighted by atomic mass is 32.1. The number of nitrogens with zero attached hydrogens (tertiary/aromatic N) is 3.